The molecule has 4 aromatic rings. The molecule has 1 aromatic heterocycles. The average Bonchev–Trinajstić information content (AvgIpc) is 2.82. The summed E-state index contributed by atoms with van der Waals surface area (Å²) in [6.45, 7) is 1.98. The van der Waals surface area contributed by atoms with Crippen LogP contribution in [-0.4, -0.2) is 17.9 Å². The van der Waals surface area contributed by atoms with Crippen LogP contribution in [0.15, 0.2) is 91.1 Å². The first-order chi connectivity index (χ1) is 15.1. The van der Waals surface area contributed by atoms with Gasteiger partial charge in [-0.1, -0.05) is 42.5 Å². The third-order valence-electron chi connectivity index (χ3n) is 4.93. The van der Waals surface area contributed by atoms with Gasteiger partial charge in [-0.2, -0.15) is 0 Å². The topological polar surface area (TPSA) is 63.2 Å². The fourth-order valence-corrected chi connectivity index (χ4v) is 3.19. The molecule has 0 aliphatic heterocycles. The van der Waals surface area contributed by atoms with Crippen LogP contribution in [0.5, 0.6) is 11.6 Å². The second-order valence-corrected chi connectivity index (χ2v) is 7.11. The molecular formula is C26H23N3O2. The molecule has 1 amide bonds. The van der Waals surface area contributed by atoms with E-state index in [1.54, 1.807) is 18.3 Å². The highest BCUT2D eigenvalue weighted by Crippen LogP contribution is 2.27. The molecule has 3 aromatic carbocycles. The van der Waals surface area contributed by atoms with Crippen LogP contribution in [0.2, 0.25) is 0 Å². The van der Waals surface area contributed by atoms with Gasteiger partial charge in [-0.15, -0.1) is 0 Å². The van der Waals surface area contributed by atoms with Crippen molar-refractivity contribution in [1.29, 1.82) is 0 Å². The summed E-state index contributed by atoms with van der Waals surface area (Å²) < 4.78 is 5.86. The zero-order valence-corrected chi connectivity index (χ0v) is 17.4. The Kier molecular flexibility index (Phi) is 5.94. The zero-order chi connectivity index (χ0) is 21.6. The number of rotatable bonds is 6. The number of anilines is 2. The lowest BCUT2D eigenvalue weighted by Gasteiger charge is -2.10. The van der Waals surface area contributed by atoms with E-state index in [-0.39, 0.29) is 5.91 Å². The molecule has 1 heterocycles. The second-order valence-electron chi connectivity index (χ2n) is 7.11. The highest BCUT2D eigenvalue weighted by Gasteiger charge is 2.08. The molecule has 5 heteroatoms. The standard InChI is InChI=1S/C26H23N3O2/c1-18-16-22(27-2)12-14-24(18)31-25-15-13-23(17-28-25)29-26(30)21-10-8-20(9-11-21)19-6-4-3-5-7-19/h3-17,27H,1-2H3,(H,29,30). The van der Waals surface area contributed by atoms with Crippen molar-refractivity contribution in [2.24, 2.45) is 0 Å². The Balaban J connectivity index is 1.40. The Hall–Kier alpha value is -4.12. The molecule has 0 spiro atoms. The monoisotopic (exact) mass is 409 g/mol. The van der Waals surface area contributed by atoms with Crippen LogP contribution in [0.1, 0.15) is 15.9 Å². The van der Waals surface area contributed by atoms with Crippen LogP contribution >= 0.6 is 0 Å². The Morgan fingerprint density at radius 3 is 2.19 bits per heavy atom. The first-order valence-electron chi connectivity index (χ1n) is 10.0. The van der Waals surface area contributed by atoms with Gasteiger partial charge in [-0.05, 0) is 60.0 Å². The number of amides is 1. The predicted octanol–water partition coefficient (Wildman–Crippen LogP) is 6.14. The normalized spacial score (nSPS) is 10.4. The molecule has 2 N–H and O–H groups in total. The molecular weight excluding hydrogens is 386 g/mol. The molecule has 0 aliphatic rings. The van der Waals surface area contributed by atoms with Gasteiger partial charge in [-0.3, -0.25) is 4.79 Å². The van der Waals surface area contributed by atoms with Crippen LogP contribution in [0, 0.1) is 6.92 Å². The van der Waals surface area contributed by atoms with Gasteiger partial charge < -0.3 is 15.4 Å². The number of pyridine rings is 1. The van der Waals surface area contributed by atoms with Gasteiger partial charge in [-0.25, -0.2) is 4.98 Å². The number of nitrogens with zero attached hydrogens (tertiary/aromatic N) is 1. The highest BCUT2D eigenvalue weighted by molar-refractivity contribution is 6.04. The maximum atomic E-state index is 12.6. The van der Waals surface area contributed by atoms with Gasteiger partial charge >= 0.3 is 0 Å². The van der Waals surface area contributed by atoms with E-state index < -0.39 is 0 Å². The third-order valence-corrected chi connectivity index (χ3v) is 4.93. The molecule has 0 aliphatic carbocycles. The van der Waals surface area contributed by atoms with Crippen LogP contribution < -0.4 is 15.4 Å². The number of benzene rings is 3. The summed E-state index contributed by atoms with van der Waals surface area (Å²) in [7, 11) is 1.88. The zero-order valence-electron chi connectivity index (χ0n) is 17.4. The smallest absolute Gasteiger partial charge is 0.255 e. The van der Waals surface area contributed by atoms with E-state index in [4.69, 9.17) is 4.74 Å². The number of nitrogens with one attached hydrogen (secondary N) is 2. The molecule has 0 saturated heterocycles. The number of hydrogen-bond donors (Lipinski definition) is 2. The molecule has 0 fully saturated rings. The van der Waals surface area contributed by atoms with E-state index in [1.807, 2.05) is 86.8 Å². The maximum Gasteiger partial charge on any atom is 0.255 e. The summed E-state index contributed by atoms with van der Waals surface area (Å²) in [5.74, 6) is 1.01. The minimum Gasteiger partial charge on any atom is -0.439 e. The molecule has 31 heavy (non-hydrogen) atoms. The first-order valence-corrected chi connectivity index (χ1v) is 10.0. The van der Waals surface area contributed by atoms with Gasteiger partial charge in [0.15, 0.2) is 0 Å². The van der Waals surface area contributed by atoms with Crippen molar-refractivity contribution in [3.63, 3.8) is 0 Å². The molecule has 0 bridgehead atoms. The fraction of sp³-hybridized carbons (Fsp3) is 0.0769. The number of aromatic nitrogens is 1. The quantitative estimate of drug-likeness (QED) is 0.401. The summed E-state index contributed by atoms with van der Waals surface area (Å²) in [6, 6.07) is 26.9. The number of carbonyl (C=O) groups is 1. The molecule has 0 radical (unpaired) electrons. The minimum atomic E-state index is -0.187. The van der Waals surface area contributed by atoms with Gasteiger partial charge in [0.05, 0.1) is 11.9 Å². The third kappa shape index (κ3) is 4.90. The molecule has 5 nitrogen and oxygen atoms in total. The van der Waals surface area contributed by atoms with Gasteiger partial charge in [0.1, 0.15) is 5.75 Å². The molecule has 0 saturated carbocycles. The summed E-state index contributed by atoms with van der Waals surface area (Å²) in [6.07, 6.45) is 1.59. The van der Waals surface area contributed by atoms with Crippen LogP contribution in [0.25, 0.3) is 11.1 Å². The number of ether oxygens (including phenoxy) is 1. The van der Waals surface area contributed by atoms with E-state index in [0.29, 0.717) is 17.1 Å². The summed E-state index contributed by atoms with van der Waals surface area (Å²) in [4.78, 5) is 16.9. The fourth-order valence-electron chi connectivity index (χ4n) is 3.19. The SMILES string of the molecule is CNc1ccc(Oc2ccc(NC(=O)c3ccc(-c4ccccc4)cc3)cn2)c(C)c1. The predicted molar refractivity (Wildman–Crippen MR) is 125 cm³/mol. The van der Waals surface area contributed by atoms with Crippen molar-refractivity contribution in [3.05, 3.63) is 102 Å². The second kappa shape index (κ2) is 9.13. The Bertz CT molecular complexity index is 1170. The van der Waals surface area contributed by atoms with E-state index in [2.05, 4.69) is 15.6 Å². The van der Waals surface area contributed by atoms with Crippen molar-refractivity contribution >= 4 is 17.3 Å². The Morgan fingerprint density at radius 1 is 0.839 bits per heavy atom. The summed E-state index contributed by atoms with van der Waals surface area (Å²) in [5, 5.41) is 5.97. The van der Waals surface area contributed by atoms with Crippen molar-refractivity contribution in [1.82, 2.24) is 4.98 Å². The molecule has 0 unspecified atom stereocenters. The Morgan fingerprint density at radius 2 is 1.55 bits per heavy atom. The lowest BCUT2D eigenvalue weighted by molar-refractivity contribution is 0.102. The van der Waals surface area contributed by atoms with E-state index in [0.717, 1.165) is 28.1 Å². The lowest BCUT2D eigenvalue weighted by Crippen LogP contribution is -2.11. The van der Waals surface area contributed by atoms with Gasteiger partial charge in [0, 0.05) is 24.4 Å². The maximum absolute atomic E-state index is 12.6. The van der Waals surface area contributed by atoms with Crippen molar-refractivity contribution in [2.75, 3.05) is 17.7 Å². The molecule has 0 atom stereocenters. The Labute approximate surface area is 181 Å². The van der Waals surface area contributed by atoms with Gasteiger partial charge in [0.25, 0.3) is 5.91 Å². The van der Waals surface area contributed by atoms with Gasteiger partial charge in [0.2, 0.25) is 5.88 Å². The van der Waals surface area contributed by atoms with Crippen molar-refractivity contribution in [2.45, 2.75) is 6.92 Å². The average molecular weight is 409 g/mol. The van der Waals surface area contributed by atoms with Crippen LogP contribution in [0.4, 0.5) is 11.4 Å². The summed E-state index contributed by atoms with van der Waals surface area (Å²) >= 11 is 0. The van der Waals surface area contributed by atoms with E-state index in [9.17, 15) is 4.79 Å². The lowest BCUT2D eigenvalue weighted by atomic mass is 10.0. The molecule has 154 valence electrons. The van der Waals surface area contributed by atoms with E-state index in [1.165, 1.54) is 0 Å². The van der Waals surface area contributed by atoms with E-state index >= 15 is 0 Å². The highest BCUT2D eigenvalue weighted by atomic mass is 16.5. The largest absolute Gasteiger partial charge is 0.439 e. The van der Waals surface area contributed by atoms with Crippen molar-refractivity contribution < 1.29 is 9.53 Å². The summed E-state index contributed by atoms with van der Waals surface area (Å²) in [5.41, 5.74) is 5.40. The van der Waals surface area contributed by atoms with Crippen LogP contribution in [-0.2, 0) is 0 Å². The minimum absolute atomic E-state index is 0.187. The number of carbonyl (C=O) groups excluding carboxylic acids is 1. The number of aryl methyl sites for hydroxylation is 1. The first kappa shape index (κ1) is 20.2. The van der Waals surface area contributed by atoms with Crippen molar-refractivity contribution in [3.8, 4) is 22.8 Å². The molecule has 4 rings (SSSR count). The van der Waals surface area contributed by atoms with Crippen LogP contribution in [0.3, 0.4) is 0 Å². The number of hydrogen-bond acceptors (Lipinski definition) is 4.